The zero-order chi connectivity index (χ0) is 43.1. The Morgan fingerprint density at radius 3 is 1.52 bits per heavy atom. The molecule has 0 bridgehead atoms. The number of carbonyl (C=O) groups excluding carboxylic acids is 3. The second-order valence-electron chi connectivity index (χ2n) is 16.2. The average molecular weight is 843 g/mol. The minimum atomic E-state index is -0.888. The van der Waals surface area contributed by atoms with Crippen LogP contribution in [0.3, 0.4) is 0 Å². The number of H-pyrrole nitrogens is 1. The second kappa shape index (κ2) is 21.2. The molecule has 0 atom stereocenters. The average Bonchev–Trinajstić information content (AvgIpc) is 3.79. The summed E-state index contributed by atoms with van der Waals surface area (Å²) in [5.41, 5.74) is 2.82. The smallest absolute Gasteiger partial charge is 0.870 e. The van der Waals surface area contributed by atoms with E-state index in [4.69, 9.17) is 23.7 Å². The fourth-order valence-electron chi connectivity index (χ4n) is 7.57. The molecule has 0 aliphatic heterocycles. The molecule has 0 saturated heterocycles. The van der Waals surface area contributed by atoms with Gasteiger partial charge in [0.05, 0.1) is 14.2 Å². The summed E-state index contributed by atoms with van der Waals surface area (Å²) in [6.07, 6.45) is 4.90. The third-order valence-corrected chi connectivity index (χ3v) is 10.7. The van der Waals surface area contributed by atoms with Gasteiger partial charge in [0, 0.05) is 72.4 Å². The van der Waals surface area contributed by atoms with Gasteiger partial charge in [0.25, 0.3) is 0 Å². The normalized spacial score (nSPS) is 21.0. The van der Waals surface area contributed by atoms with Gasteiger partial charge in [-0.05, 0) is 112 Å². The van der Waals surface area contributed by atoms with E-state index in [1.807, 2.05) is 39.0 Å². The number of aromatic nitrogens is 8. The Bertz CT molecular complexity index is 2100. The summed E-state index contributed by atoms with van der Waals surface area (Å²) in [6.45, 7) is 13.0. The number of aromatic amines is 1. The molecule has 4 N–H and O–H groups in total. The van der Waals surface area contributed by atoms with Crippen molar-refractivity contribution in [2.24, 2.45) is 0 Å². The Morgan fingerprint density at radius 2 is 1.15 bits per heavy atom. The van der Waals surface area contributed by atoms with E-state index in [1.165, 1.54) is 18.9 Å². The van der Waals surface area contributed by atoms with E-state index in [9.17, 15) is 14.4 Å². The van der Waals surface area contributed by atoms with E-state index < -0.39 is 22.9 Å². The van der Waals surface area contributed by atoms with Crippen LogP contribution >= 0.6 is 0 Å². The maximum absolute atomic E-state index is 12.4. The number of anilines is 4. The number of rotatable bonds is 10. The van der Waals surface area contributed by atoms with Crippen molar-refractivity contribution in [3.05, 3.63) is 58.4 Å². The molecule has 4 aromatic heterocycles. The van der Waals surface area contributed by atoms with Crippen LogP contribution in [-0.4, -0.2) is 109 Å². The molecule has 2 fully saturated rings. The molecule has 0 amide bonds. The monoisotopic (exact) mass is 842 g/mol. The molecular formula is C41H59LiN10O9. The van der Waals surface area contributed by atoms with Crippen molar-refractivity contribution in [1.29, 1.82) is 0 Å². The van der Waals surface area contributed by atoms with Crippen LogP contribution in [0.25, 0.3) is 0 Å². The zero-order valence-electron chi connectivity index (χ0n) is 37.5. The number of hydrogen-bond acceptors (Lipinski definition) is 17. The van der Waals surface area contributed by atoms with Crippen LogP contribution in [0.15, 0.2) is 24.3 Å². The van der Waals surface area contributed by atoms with Crippen LogP contribution in [-0.2, 0) is 33.3 Å². The minimum Gasteiger partial charge on any atom is -0.870 e. The molecule has 0 radical (unpaired) electrons. The molecular weight excluding hydrogens is 783 g/mol. The first kappa shape index (κ1) is 50.4. The predicted octanol–water partition coefficient (Wildman–Crippen LogP) is 3.64. The first-order chi connectivity index (χ1) is 27.9. The minimum absolute atomic E-state index is 0. The van der Waals surface area contributed by atoms with Crippen molar-refractivity contribution in [2.75, 3.05) is 39.1 Å². The molecule has 2 aliphatic carbocycles. The second-order valence-corrected chi connectivity index (χ2v) is 16.2. The maximum atomic E-state index is 12.4. The number of methoxy groups -OCH3 is 4. The van der Waals surface area contributed by atoms with Gasteiger partial charge in [0.2, 0.25) is 11.9 Å². The Labute approximate surface area is 368 Å². The van der Waals surface area contributed by atoms with Crippen molar-refractivity contribution < 1.29 is 62.4 Å². The van der Waals surface area contributed by atoms with Crippen molar-refractivity contribution in [2.45, 2.75) is 128 Å². The molecule has 6 rings (SSSR count). The Balaban J connectivity index is 0.000000323. The number of esters is 2. The Kier molecular flexibility index (Phi) is 17.6. The summed E-state index contributed by atoms with van der Waals surface area (Å²) in [7, 11) is 5.90. The number of aryl methyl sites for hydroxylation is 4. The third kappa shape index (κ3) is 12.6. The van der Waals surface area contributed by atoms with Crippen LogP contribution in [0.1, 0.15) is 118 Å². The molecule has 4 aromatic rings. The summed E-state index contributed by atoms with van der Waals surface area (Å²) in [5.74, 6) is 1.86. The summed E-state index contributed by atoms with van der Waals surface area (Å²) < 4.78 is 27.5. The van der Waals surface area contributed by atoms with E-state index in [-0.39, 0.29) is 48.1 Å². The van der Waals surface area contributed by atoms with Crippen LogP contribution in [0.2, 0.25) is 0 Å². The van der Waals surface area contributed by atoms with Gasteiger partial charge in [-0.3, -0.25) is 5.10 Å². The summed E-state index contributed by atoms with van der Waals surface area (Å²) in [6, 6.07) is 7.59. The standard InChI is InChI=1S/C23H33N5O5.C18H25N5O3.Li.H2O/c1-14-12-17(16-8-10-23(32-7,11-9-16)19(29)31-6)25-20(24-14)26-18-13-15(2)28(27-18)21(30)33-22(3,4)5;1-11-9-14(20-17(19-11)21-15-10-12(2)22-23-15)13-5-7-18(26-4,8-6-13)16(24)25-3;;/h12-13,16H,8-11H2,1-7H3,(H,24,25,26,27);9-10,13H,5-8H2,1-4H3,(H2,19,20,21,22,23);;1H2/q;;+1;/p-1. The first-order valence-corrected chi connectivity index (χ1v) is 19.8. The summed E-state index contributed by atoms with van der Waals surface area (Å²) in [5, 5.41) is 17.6. The topological polar surface area (TPSA) is 249 Å². The number of hydrogen-bond donors (Lipinski definition) is 3. The van der Waals surface area contributed by atoms with Crippen LogP contribution in [0.5, 0.6) is 0 Å². The van der Waals surface area contributed by atoms with Gasteiger partial charge in [-0.1, -0.05) is 0 Å². The Morgan fingerprint density at radius 1 is 0.705 bits per heavy atom. The van der Waals surface area contributed by atoms with E-state index in [2.05, 4.69) is 45.9 Å². The largest absolute Gasteiger partial charge is 1.00 e. The summed E-state index contributed by atoms with van der Waals surface area (Å²) in [4.78, 5) is 54.9. The quantitative estimate of drug-likeness (QED) is 0.117. The zero-order valence-corrected chi connectivity index (χ0v) is 37.5. The third-order valence-electron chi connectivity index (χ3n) is 10.7. The molecule has 61 heavy (non-hydrogen) atoms. The molecule has 19 nitrogen and oxygen atoms in total. The SMILES string of the molecule is COC(=O)C1(OC)CCC(c2cc(C)nc(Nc3cc(C)[nH]n3)n2)CC1.COC(=O)C1(OC)CCC(c2cc(C)nc(Nc3cc(C)n(C(=O)OC(C)(C)C)n3)n2)CC1.[Li+].[OH-]. The number of nitrogens with zero attached hydrogens (tertiary/aromatic N) is 7. The fraction of sp³-hybridized carbons (Fsp3) is 0.585. The van der Waals surface area contributed by atoms with Gasteiger partial charge in [0.15, 0.2) is 22.8 Å². The number of carbonyl (C=O) groups is 3. The maximum Gasteiger partial charge on any atom is 1.00 e. The predicted molar refractivity (Wildman–Crippen MR) is 220 cm³/mol. The van der Waals surface area contributed by atoms with Gasteiger partial charge in [-0.15, -0.1) is 5.10 Å². The van der Waals surface area contributed by atoms with E-state index >= 15 is 0 Å². The van der Waals surface area contributed by atoms with E-state index in [0.717, 1.165) is 54.2 Å². The summed E-state index contributed by atoms with van der Waals surface area (Å²) >= 11 is 0. The van der Waals surface area contributed by atoms with Gasteiger partial charge in [-0.2, -0.15) is 9.78 Å². The molecule has 2 aliphatic rings. The molecule has 2 saturated carbocycles. The van der Waals surface area contributed by atoms with Crippen LogP contribution in [0, 0.1) is 27.7 Å². The molecule has 4 heterocycles. The number of ether oxygens (including phenoxy) is 5. The molecule has 20 heteroatoms. The molecule has 0 aromatic carbocycles. The van der Waals surface area contributed by atoms with Crippen molar-refractivity contribution in [1.82, 2.24) is 39.9 Å². The van der Waals surface area contributed by atoms with Gasteiger partial charge in [0.1, 0.15) is 5.60 Å². The van der Waals surface area contributed by atoms with Crippen molar-refractivity contribution in [3.63, 3.8) is 0 Å². The fourth-order valence-corrected chi connectivity index (χ4v) is 7.57. The van der Waals surface area contributed by atoms with Crippen molar-refractivity contribution >= 4 is 41.6 Å². The van der Waals surface area contributed by atoms with Gasteiger partial charge >= 0.3 is 36.9 Å². The molecule has 328 valence electrons. The van der Waals surface area contributed by atoms with E-state index in [0.29, 0.717) is 54.9 Å². The Hall–Kier alpha value is -4.93. The first-order valence-electron chi connectivity index (χ1n) is 19.8. The van der Waals surface area contributed by atoms with Crippen LogP contribution in [0.4, 0.5) is 28.3 Å². The number of nitrogens with one attached hydrogen (secondary N) is 3. The van der Waals surface area contributed by atoms with Gasteiger partial charge < -0.3 is 39.8 Å². The van der Waals surface area contributed by atoms with Crippen molar-refractivity contribution in [3.8, 4) is 0 Å². The van der Waals surface area contributed by atoms with E-state index in [1.54, 1.807) is 48.0 Å². The molecule has 0 spiro atoms. The molecule has 0 unspecified atom stereocenters. The van der Waals surface area contributed by atoms with Gasteiger partial charge in [-0.25, -0.2) is 34.3 Å². The van der Waals surface area contributed by atoms with Crippen LogP contribution < -0.4 is 29.5 Å².